The Balaban J connectivity index is 1.23. The van der Waals surface area contributed by atoms with Gasteiger partial charge in [-0.1, -0.05) is 0 Å². The molecule has 56 nitrogen and oxygen atoms in total. The van der Waals surface area contributed by atoms with Gasteiger partial charge in [-0.15, -0.1) is 0 Å². The summed E-state index contributed by atoms with van der Waals surface area (Å²) in [6, 6.07) is 0. The Morgan fingerprint density at radius 3 is 0.352 bits per heavy atom. The molecule has 21 saturated heterocycles. The Morgan fingerprint density at radius 2 is 0.267 bits per heavy atom. The lowest BCUT2D eigenvalue weighted by Gasteiger charge is -2.50. The van der Waals surface area contributed by atoms with Crippen molar-refractivity contribution in [2.75, 3.05) is 46.2 Å². The van der Waals surface area contributed by atoms with Gasteiger partial charge >= 0.3 is 72.8 Å². The van der Waals surface area contributed by atoms with E-state index in [4.69, 9.17) is 66.3 Å². The maximum atomic E-state index is 12.0. The van der Waals surface area contributed by atoms with Gasteiger partial charge in [0.15, 0.2) is 44.0 Å². The van der Waals surface area contributed by atoms with Crippen LogP contribution >= 0.6 is 0 Å². The van der Waals surface area contributed by atoms with Crippen molar-refractivity contribution in [3.63, 3.8) is 0 Å². The molecule has 0 radical (unpaired) electrons. The average Bonchev–Trinajstić information content (AvgIpc) is 0.789. The molecule has 0 saturated carbocycles. The zero-order valence-electron chi connectivity index (χ0n) is 51.7. The fourth-order valence-corrected chi connectivity index (χ4v) is 13.5. The Bertz CT molecular complexity index is 3040. The van der Waals surface area contributed by atoms with Crippen LogP contribution in [0, 0.1) is 0 Å². The van der Waals surface area contributed by atoms with Gasteiger partial charge in [0.05, 0.1) is 46.2 Å². The van der Waals surface area contributed by atoms with E-state index in [1.165, 1.54) is 0 Å². The van der Waals surface area contributed by atoms with E-state index in [2.05, 4.69) is 29.3 Å². The number of hydrogen-bond acceptors (Lipinski definition) is 49. The molecule has 105 heavy (non-hydrogen) atoms. The zero-order chi connectivity index (χ0) is 78.5. The molecule has 0 aliphatic carbocycles. The van der Waals surface area contributed by atoms with Gasteiger partial charge in [-0.3, -0.25) is 31.9 Å². The third kappa shape index (κ3) is 23.6. The van der Waals surface area contributed by atoms with Gasteiger partial charge < -0.3 is 138 Å². The molecule has 21 aliphatic heterocycles. The first kappa shape index (κ1) is 88.5. The first-order valence-electron chi connectivity index (χ1n) is 29.2. The largest absolute Gasteiger partial charge is 0.397 e. The summed E-state index contributed by atoms with van der Waals surface area (Å²) in [6.45, 7) is -11.6. The molecular weight excluding hydrogens is 1620 g/mol. The molecule has 0 spiro atoms. The first-order chi connectivity index (χ1) is 48.2. The molecule has 0 aromatic heterocycles. The summed E-state index contributed by atoms with van der Waals surface area (Å²) in [5, 5.41) is 163. The second-order valence-electron chi connectivity index (χ2n) is 23.4. The summed E-state index contributed by atoms with van der Waals surface area (Å²) in [7, 11) is -39.7. The van der Waals surface area contributed by atoms with Crippen molar-refractivity contribution in [3.05, 3.63) is 0 Å². The second-order valence-corrected chi connectivity index (χ2v) is 31.0. The van der Waals surface area contributed by atoms with Crippen LogP contribution in [0.5, 0.6) is 0 Å². The predicted molar refractivity (Wildman–Crippen MR) is 301 cm³/mol. The van der Waals surface area contributed by atoms with Crippen molar-refractivity contribution in [2.24, 2.45) is 0 Å². The molecule has 0 aromatic carbocycles. The van der Waals surface area contributed by atoms with Crippen molar-refractivity contribution in [1.82, 2.24) is 0 Å². The van der Waals surface area contributed by atoms with E-state index in [0.717, 1.165) is 0 Å². The molecule has 21 N–H and O–H groups in total. The van der Waals surface area contributed by atoms with Gasteiger partial charge in [0.25, 0.3) is 0 Å². The molecule has 0 amide bonds. The highest BCUT2D eigenvalue weighted by Gasteiger charge is 2.61. The van der Waals surface area contributed by atoms with Crippen LogP contribution in [0.1, 0.15) is 0 Å². The molecular formula is C42H70O56S7. The van der Waals surface area contributed by atoms with Crippen LogP contribution < -0.4 is 0 Å². The van der Waals surface area contributed by atoms with E-state index < -0.39 is 334 Å². The lowest BCUT2D eigenvalue weighted by Crippen LogP contribution is -2.68. The van der Waals surface area contributed by atoms with Crippen molar-refractivity contribution in [3.8, 4) is 0 Å². The van der Waals surface area contributed by atoms with Crippen molar-refractivity contribution in [1.29, 1.82) is 0 Å². The fraction of sp³-hybridized carbons (Fsp3) is 1.00. The molecule has 616 valence electrons. The van der Waals surface area contributed by atoms with Gasteiger partial charge in [-0.2, -0.15) is 58.9 Å². The van der Waals surface area contributed by atoms with E-state index in [1.54, 1.807) is 0 Å². The molecule has 14 bridgehead atoms. The lowest BCUT2D eigenvalue weighted by molar-refractivity contribution is -0.395. The minimum Gasteiger partial charge on any atom is -0.387 e. The van der Waals surface area contributed by atoms with Gasteiger partial charge in [0.1, 0.15) is 171 Å². The number of aliphatic hydroxyl groups is 14. The van der Waals surface area contributed by atoms with E-state index in [9.17, 15) is 162 Å². The lowest BCUT2D eigenvalue weighted by atomic mass is 9.95. The zero-order valence-corrected chi connectivity index (χ0v) is 57.4. The summed E-state index contributed by atoms with van der Waals surface area (Å²) in [5.74, 6) is 0. The standard InChI is InChI=1S/C42H70O56S7/c43-15-22(50)36-85-8(1-78-99(57,58)59)29(15)92-37-23(51)16(44)31(10(86-37)3-80-101(63,64)65)94-39-25(53)18(46)33(12(88-39)5-82-103(69,70)71)96-41-27(55)20(48)35(14(90-41)7-84-105(75,76)77)98-42-28(56)21(49)34(13(91-42)6-83-104(72,73)74)97-40-26(54)19(47)32(11(89-40)4-81-102(66,67)68)95-38-24(52)17(45)30(93-36)9(87-38)2-79-100(60,61)62/h8-56H,1-7H2,(H,57,58,59)(H,60,61,62)(H,63,64,65)(H,66,67,68)(H,69,70,71)(H,72,73,74)(H,75,76,77)/t8-,9-,10-,11-,12-,13-,14-,15-,16-,17-,18-,19-,20-,21-,22-,23-,24-,25-,26-,27-,28-,29-,30-,31-,32-,33-,34-,35?,36-,37-,38-,39-,40-,41-,42-/m1/s1. The monoisotopic (exact) mass is 1690 g/mol. The molecule has 21 heterocycles. The normalized spacial score (nSPS) is 44.9. The van der Waals surface area contributed by atoms with E-state index in [0.29, 0.717) is 0 Å². The number of aliphatic hydroxyl groups excluding tert-OH is 14. The molecule has 35 atom stereocenters. The van der Waals surface area contributed by atoms with Crippen LogP contribution in [0.3, 0.4) is 0 Å². The van der Waals surface area contributed by atoms with Crippen LogP contribution in [0.25, 0.3) is 0 Å². The SMILES string of the molecule is O=S(=O)(O)OC[C@H]1O[C@@H]2O[C@H]3[C@H](O)[C@@H](O)[C@@H](O[C@H]4[C@H](O)[C@@H](O)[C@@H](O[C@H]5[C@H](O)[C@@H](O)[C@@H](O[C@H]6[C@H](O)[C@@H](O)[C@@H](O[C@H]7[C@H](O)[C@@H](O)[C@@H](O[C@H]8[C@H](O)[C@@H](O)[C@@H](OC1[C@H](O)[C@H]2O)O[C@@H]8COS(=O)(=O)O)O[C@@H]7COS(=O)(=O)O)O[C@@H]6COS(=O)(=O)O)O[C@@H]5COS(=O)(=O)O)O[C@@H]4COS(=O)(=O)O)O[C@@H]3COS(=O)(=O)O. The summed E-state index contributed by atoms with van der Waals surface area (Å²) in [4.78, 5) is 0. The highest BCUT2D eigenvalue weighted by molar-refractivity contribution is 7.82. The van der Waals surface area contributed by atoms with Crippen LogP contribution in [0.2, 0.25) is 0 Å². The number of rotatable bonds is 21. The average molecular weight is 1700 g/mol. The highest BCUT2D eigenvalue weighted by atomic mass is 32.3. The van der Waals surface area contributed by atoms with E-state index in [1.807, 2.05) is 0 Å². The summed E-state index contributed by atoms with van der Waals surface area (Å²) < 4.78 is 343. The smallest absolute Gasteiger partial charge is 0.387 e. The van der Waals surface area contributed by atoms with Crippen molar-refractivity contribution in [2.45, 2.75) is 215 Å². The minimum absolute atomic E-state index is 1.65. The van der Waals surface area contributed by atoms with Crippen LogP contribution in [-0.2, 0) is 168 Å². The topological polar surface area (TPSA) is 858 Å². The van der Waals surface area contributed by atoms with Crippen molar-refractivity contribution < 1.29 is 258 Å². The summed E-state index contributed by atoms with van der Waals surface area (Å²) in [5.41, 5.74) is 0. The van der Waals surface area contributed by atoms with Crippen LogP contribution in [0.15, 0.2) is 0 Å². The van der Waals surface area contributed by atoms with Gasteiger partial charge in [0.2, 0.25) is 0 Å². The molecule has 21 aliphatic rings. The minimum atomic E-state index is -5.67. The first-order valence-corrected chi connectivity index (χ1v) is 38.8. The third-order valence-electron chi connectivity index (χ3n) is 16.2. The Morgan fingerprint density at radius 1 is 0.171 bits per heavy atom. The Kier molecular flexibility index (Phi) is 29.3. The summed E-state index contributed by atoms with van der Waals surface area (Å²) in [6.07, 6.45) is -93.1. The van der Waals surface area contributed by atoms with Gasteiger partial charge in [-0.05, 0) is 0 Å². The van der Waals surface area contributed by atoms with Crippen LogP contribution in [-0.4, -0.2) is 423 Å². The van der Waals surface area contributed by atoms with E-state index >= 15 is 0 Å². The Labute approximate surface area is 589 Å². The summed E-state index contributed by atoms with van der Waals surface area (Å²) >= 11 is 0. The van der Waals surface area contributed by atoms with Crippen molar-refractivity contribution >= 4 is 72.8 Å². The third-order valence-corrected chi connectivity index (χ3v) is 19.2. The molecule has 0 aromatic rings. The Hall–Kier alpha value is -2.03. The van der Waals surface area contributed by atoms with E-state index in [-0.39, 0.29) is 0 Å². The quantitative estimate of drug-likeness (QED) is 0.0475. The maximum absolute atomic E-state index is 12.0. The fourth-order valence-electron chi connectivity index (χ4n) is 11.4. The predicted octanol–water partition coefficient (Wildman–Crippen LogP) is -16.4. The van der Waals surface area contributed by atoms with Gasteiger partial charge in [0, 0.05) is 0 Å². The van der Waals surface area contributed by atoms with Crippen LogP contribution in [0.4, 0.5) is 0 Å². The van der Waals surface area contributed by atoms with Gasteiger partial charge in [-0.25, -0.2) is 29.3 Å². The molecule has 63 heteroatoms. The number of hydrogen-bond donors (Lipinski definition) is 21. The highest BCUT2D eigenvalue weighted by Crippen LogP contribution is 2.40. The molecule has 1 unspecified atom stereocenters. The second kappa shape index (κ2) is 34.7. The molecule has 21 fully saturated rings. The molecule has 21 rings (SSSR count). The maximum Gasteiger partial charge on any atom is 0.397 e. The number of ether oxygens (including phenoxy) is 14.